The number of carbonyl (C=O) groups excluding carboxylic acids is 1. The van der Waals surface area contributed by atoms with Gasteiger partial charge in [0.05, 0.1) is 22.6 Å². The Hall–Kier alpha value is -3.09. The van der Waals surface area contributed by atoms with E-state index >= 15 is 0 Å². The first-order chi connectivity index (χ1) is 18.0. The molecule has 194 valence electrons. The Morgan fingerprint density at radius 3 is 2.38 bits per heavy atom. The van der Waals surface area contributed by atoms with E-state index in [0.29, 0.717) is 17.2 Å². The number of aliphatic imine (C=N–C) groups is 1. The molecule has 4 rings (SSSR count). The lowest BCUT2D eigenvalue weighted by Gasteiger charge is -2.07. The molecular weight excluding hydrogens is 513 g/mol. The first-order valence-corrected chi connectivity index (χ1v) is 13.4. The second-order valence-electron chi connectivity index (χ2n) is 8.97. The van der Waals surface area contributed by atoms with Crippen LogP contribution in [0.3, 0.4) is 0 Å². The van der Waals surface area contributed by atoms with Gasteiger partial charge in [0, 0.05) is 10.6 Å². The Labute approximate surface area is 225 Å². The number of unbranched alkanes of at least 4 members (excludes halogenated alkanes) is 7. The summed E-state index contributed by atoms with van der Waals surface area (Å²) in [6, 6.07) is 10.2. The maximum Gasteiger partial charge on any atom is 0.363 e. The number of nitrogens with zero attached hydrogens (tertiary/aromatic N) is 1. The standard InChI is InChI=1S/C29H29Cl2NO5/c1-2-3-4-5-6-7-8-9-14-35-22-12-10-19(11-13-22)28-32-25(29(34)37-28)15-20-18-36-27-23(26(20)33)16-21(30)17-24(27)31/h10-13,15-18H,2-9,14H2,1H3. The molecule has 0 atom stereocenters. The summed E-state index contributed by atoms with van der Waals surface area (Å²) in [5.41, 5.74) is 0.589. The molecule has 37 heavy (non-hydrogen) atoms. The van der Waals surface area contributed by atoms with Crippen LogP contribution in [0.2, 0.25) is 10.0 Å². The molecule has 0 unspecified atom stereocenters. The lowest BCUT2D eigenvalue weighted by molar-refractivity contribution is -0.129. The first-order valence-electron chi connectivity index (χ1n) is 12.6. The smallest absolute Gasteiger partial charge is 0.363 e. The molecule has 2 aromatic carbocycles. The van der Waals surface area contributed by atoms with E-state index < -0.39 is 5.97 Å². The zero-order valence-electron chi connectivity index (χ0n) is 20.7. The van der Waals surface area contributed by atoms with Crippen LogP contribution in [-0.4, -0.2) is 18.5 Å². The van der Waals surface area contributed by atoms with Gasteiger partial charge in [-0.25, -0.2) is 9.79 Å². The number of benzene rings is 2. The molecule has 0 aliphatic carbocycles. The van der Waals surface area contributed by atoms with Gasteiger partial charge in [0.25, 0.3) is 0 Å². The summed E-state index contributed by atoms with van der Waals surface area (Å²) in [4.78, 5) is 29.6. The molecule has 0 saturated carbocycles. The maximum atomic E-state index is 12.9. The molecule has 1 aromatic heterocycles. The van der Waals surface area contributed by atoms with Crippen molar-refractivity contribution in [2.24, 2.45) is 4.99 Å². The third-order valence-electron chi connectivity index (χ3n) is 6.10. The van der Waals surface area contributed by atoms with Crippen LogP contribution < -0.4 is 10.2 Å². The van der Waals surface area contributed by atoms with Crippen molar-refractivity contribution in [1.82, 2.24) is 0 Å². The molecule has 8 heteroatoms. The third kappa shape index (κ3) is 7.02. The van der Waals surface area contributed by atoms with Crippen LogP contribution in [0.4, 0.5) is 0 Å². The summed E-state index contributed by atoms with van der Waals surface area (Å²) < 4.78 is 16.7. The van der Waals surface area contributed by atoms with Gasteiger partial charge < -0.3 is 13.9 Å². The van der Waals surface area contributed by atoms with E-state index in [1.807, 2.05) is 12.1 Å². The molecule has 6 nitrogen and oxygen atoms in total. The third-order valence-corrected chi connectivity index (χ3v) is 6.60. The molecule has 1 aliphatic heterocycles. The van der Waals surface area contributed by atoms with Gasteiger partial charge in [0.2, 0.25) is 5.90 Å². The molecule has 0 saturated heterocycles. The van der Waals surface area contributed by atoms with Gasteiger partial charge in [-0.3, -0.25) is 4.79 Å². The number of rotatable bonds is 12. The summed E-state index contributed by atoms with van der Waals surface area (Å²) in [6.45, 7) is 2.90. The quantitative estimate of drug-likeness (QED) is 0.132. The SMILES string of the molecule is CCCCCCCCCCOc1ccc(C2=NC(=Cc3coc4c(Cl)cc(Cl)cc4c3=O)C(=O)O2)cc1. The minimum Gasteiger partial charge on any atom is -0.494 e. The molecule has 1 aliphatic rings. The Morgan fingerprint density at radius 2 is 1.65 bits per heavy atom. The second-order valence-corrected chi connectivity index (χ2v) is 9.81. The number of carbonyl (C=O) groups is 1. The zero-order chi connectivity index (χ0) is 26.2. The number of cyclic esters (lactones) is 1. The summed E-state index contributed by atoms with van der Waals surface area (Å²) >= 11 is 12.1. The highest BCUT2D eigenvalue weighted by Crippen LogP contribution is 2.27. The van der Waals surface area contributed by atoms with E-state index in [-0.39, 0.29) is 38.6 Å². The van der Waals surface area contributed by atoms with Crippen LogP contribution in [0.15, 0.2) is 62.6 Å². The summed E-state index contributed by atoms with van der Waals surface area (Å²) in [6.07, 6.45) is 12.5. The van der Waals surface area contributed by atoms with Crippen LogP contribution in [0, 0.1) is 0 Å². The van der Waals surface area contributed by atoms with Gasteiger partial charge in [0.1, 0.15) is 12.0 Å². The predicted molar refractivity (Wildman–Crippen MR) is 148 cm³/mol. The van der Waals surface area contributed by atoms with Gasteiger partial charge in [-0.15, -0.1) is 0 Å². The molecule has 0 amide bonds. The van der Waals surface area contributed by atoms with E-state index in [0.717, 1.165) is 12.2 Å². The average Bonchev–Trinajstić information content (AvgIpc) is 3.25. The van der Waals surface area contributed by atoms with Crippen LogP contribution in [0.1, 0.15) is 69.4 Å². The van der Waals surface area contributed by atoms with E-state index in [4.69, 9.17) is 37.1 Å². The van der Waals surface area contributed by atoms with Crippen molar-refractivity contribution in [3.05, 3.63) is 79.8 Å². The zero-order valence-corrected chi connectivity index (χ0v) is 22.2. The summed E-state index contributed by atoms with van der Waals surface area (Å²) in [5, 5.41) is 0.745. The monoisotopic (exact) mass is 541 g/mol. The van der Waals surface area contributed by atoms with Crippen molar-refractivity contribution in [3.63, 3.8) is 0 Å². The average molecular weight is 542 g/mol. The lowest BCUT2D eigenvalue weighted by atomic mass is 10.1. The molecule has 3 aromatic rings. The Kier molecular flexibility index (Phi) is 9.42. The predicted octanol–water partition coefficient (Wildman–Crippen LogP) is 7.96. The Balaban J connectivity index is 1.36. The highest BCUT2D eigenvalue weighted by Gasteiger charge is 2.25. The van der Waals surface area contributed by atoms with Crippen molar-refractivity contribution >= 4 is 52.1 Å². The normalized spacial score (nSPS) is 14.3. The summed E-state index contributed by atoms with van der Waals surface area (Å²) in [7, 11) is 0. The number of halogens is 2. The van der Waals surface area contributed by atoms with Crippen LogP contribution in [-0.2, 0) is 9.53 Å². The van der Waals surface area contributed by atoms with Crippen molar-refractivity contribution < 1.29 is 18.7 Å². The van der Waals surface area contributed by atoms with Crippen molar-refractivity contribution in [2.45, 2.75) is 58.3 Å². The highest BCUT2D eigenvalue weighted by molar-refractivity contribution is 6.38. The van der Waals surface area contributed by atoms with Gasteiger partial charge in [-0.2, -0.15) is 0 Å². The molecule has 2 heterocycles. The highest BCUT2D eigenvalue weighted by atomic mass is 35.5. The van der Waals surface area contributed by atoms with Crippen molar-refractivity contribution in [3.8, 4) is 5.75 Å². The van der Waals surface area contributed by atoms with E-state index in [1.54, 1.807) is 12.1 Å². The van der Waals surface area contributed by atoms with E-state index in [9.17, 15) is 9.59 Å². The van der Waals surface area contributed by atoms with Gasteiger partial charge in [0.15, 0.2) is 16.7 Å². The Bertz CT molecular complexity index is 1380. The van der Waals surface area contributed by atoms with Gasteiger partial charge >= 0.3 is 5.97 Å². The minimum absolute atomic E-state index is 0.00945. The largest absolute Gasteiger partial charge is 0.494 e. The minimum atomic E-state index is -0.659. The summed E-state index contributed by atoms with van der Waals surface area (Å²) in [5.74, 6) is 0.245. The fourth-order valence-corrected chi connectivity index (χ4v) is 4.62. The Morgan fingerprint density at radius 1 is 0.946 bits per heavy atom. The fraction of sp³-hybridized carbons (Fsp3) is 0.345. The molecule has 0 bridgehead atoms. The molecule has 0 N–H and O–H groups in total. The molecular formula is C29H29Cl2NO5. The topological polar surface area (TPSA) is 78.1 Å². The van der Waals surface area contributed by atoms with E-state index in [2.05, 4.69) is 11.9 Å². The molecule has 0 fully saturated rings. The van der Waals surface area contributed by atoms with E-state index in [1.165, 1.54) is 69.4 Å². The number of esters is 1. The fourth-order valence-electron chi connectivity index (χ4n) is 4.08. The van der Waals surface area contributed by atoms with Gasteiger partial charge in [-0.1, -0.05) is 75.1 Å². The lowest BCUT2D eigenvalue weighted by Crippen LogP contribution is -2.07. The molecule has 0 spiro atoms. The number of hydrogen-bond donors (Lipinski definition) is 0. The molecule has 0 radical (unpaired) electrons. The number of ether oxygens (including phenoxy) is 2. The van der Waals surface area contributed by atoms with Crippen molar-refractivity contribution in [2.75, 3.05) is 6.61 Å². The van der Waals surface area contributed by atoms with Crippen molar-refractivity contribution in [1.29, 1.82) is 0 Å². The van der Waals surface area contributed by atoms with Crippen LogP contribution >= 0.6 is 23.2 Å². The number of hydrogen-bond acceptors (Lipinski definition) is 6. The number of fused-ring (bicyclic) bond motifs is 1. The van der Waals surface area contributed by atoms with Crippen LogP contribution in [0.5, 0.6) is 5.75 Å². The van der Waals surface area contributed by atoms with Crippen LogP contribution in [0.25, 0.3) is 17.0 Å². The first kappa shape index (κ1) is 27.0. The van der Waals surface area contributed by atoms with Gasteiger partial charge in [-0.05, 0) is 48.9 Å². The second kappa shape index (κ2) is 12.9. The maximum absolute atomic E-state index is 12.9.